The van der Waals surface area contributed by atoms with E-state index < -0.39 is 34.3 Å². The second-order valence-electron chi connectivity index (χ2n) is 9.02. The molecular formula is C24H24F3N5O6S. The SMILES string of the molecule is Cc1nc(-c2ccc(N3CC(CN4CCN(S(=O)(=O)c5ccc(OC(F)(F)F)cc5)CC4)OC3=O)cc2)no1. The van der Waals surface area contributed by atoms with Crippen molar-refractivity contribution >= 4 is 21.8 Å². The Labute approximate surface area is 221 Å². The summed E-state index contributed by atoms with van der Waals surface area (Å²) in [5, 5.41) is 3.88. The number of anilines is 1. The Balaban J connectivity index is 1.14. The van der Waals surface area contributed by atoms with Gasteiger partial charge >= 0.3 is 12.5 Å². The lowest BCUT2D eigenvalue weighted by atomic mass is 10.2. The van der Waals surface area contributed by atoms with Gasteiger partial charge in [-0.2, -0.15) is 9.29 Å². The second kappa shape index (κ2) is 10.5. The highest BCUT2D eigenvalue weighted by Crippen LogP contribution is 2.27. The van der Waals surface area contributed by atoms with Gasteiger partial charge in [0.2, 0.25) is 21.7 Å². The normalized spacial score (nSPS) is 19.3. The summed E-state index contributed by atoms with van der Waals surface area (Å²) in [6.07, 6.45) is -5.73. The van der Waals surface area contributed by atoms with Crippen molar-refractivity contribution in [1.29, 1.82) is 0 Å². The van der Waals surface area contributed by atoms with Gasteiger partial charge in [0.05, 0.1) is 11.4 Å². The molecule has 2 fully saturated rings. The Bertz CT molecular complexity index is 1420. The Morgan fingerprint density at radius 3 is 2.28 bits per heavy atom. The molecule has 208 valence electrons. The fraction of sp³-hybridized carbons (Fsp3) is 0.375. The molecule has 3 aromatic rings. The maximum atomic E-state index is 12.9. The van der Waals surface area contributed by atoms with E-state index in [9.17, 15) is 26.4 Å². The van der Waals surface area contributed by atoms with Gasteiger partial charge in [0, 0.05) is 50.9 Å². The van der Waals surface area contributed by atoms with Crippen LogP contribution in [0, 0.1) is 6.92 Å². The van der Waals surface area contributed by atoms with E-state index in [0.717, 1.165) is 29.8 Å². The van der Waals surface area contributed by atoms with Crippen LogP contribution in [-0.4, -0.2) is 85.6 Å². The van der Waals surface area contributed by atoms with Crippen molar-refractivity contribution < 1.29 is 40.4 Å². The molecule has 0 radical (unpaired) electrons. The number of carbonyl (C=O) groups excluding carboxylic acids is 1. The van der Waals surface area contributed by atoms with E-state index in [0.29, 0.717) is 43.6 Å². The number of rotatable bonds is 7. The van der Waals surface area contributed by atoms with Crippen LogP contribution >= 0.6 is 0 Å². The van der Waals surface area contributed by atoms with Gasteiger partial charge in [-0.3, -0.25) is 9.80 Å². The highest BCUT2D eigenvalue weighted by Gasteiger charge is 2.36. The van der Waals surface area contributed by atoms with Crippen LogP contribution in [0.3, 0.4) is 0 Å². The molecule has 2 aliphatic heterocycles. The summed E-state index contributed by atoms with van der Waals surface area (Å²) >= 11 is 0. The summed E-state index contributed by atoms with van der Waals surface area (Å²) in [4.78, 5) is 20.1. The van der Waals surface area contributed by atoms with Gasteiger partial charge in [-0.05, 0) is 48.5 Å². The van der Waals surface area contributed by atoms with Crippen LogP contribution in [0.1, 0.15) is 5.89 Å². The van der Waals surface area contributed by atoms with Crippen LogP contribution in [0.25, 0.3) is 11.4 Å². The van der Waals surface area contributed by atoms with Gasteiger partial charge in [0.25, 0.3) is 0 Å². The van der Waals surface area contributed by atoms with E-state index in [1.54, 1.807) is 31.2 Å². The summed E-state index contributed by atoms with van der Waals surface area (Å²) in [7, 11) is -3.89. The van der Waals surface area contributed by atoms with Crippen molar-refractivity contribution in [3.05, 3.63) is 54.4 Å². The largest absolute Gasteiger partial charge is 0.573 e. The van der Waals surface area contributed by atoms with Crippen LogP contribution in [-0.2, 0) is 14.8 Å². The molecule has 0 N–H and O–H groups in total. The van der Waals surface area contributed by atoms with E-state index in [2.05, 4.69) is 14.9 Å². The first-order chi connectivity index (χ1) is 18.5. The Morgan fingerprint density at radius 1 is 1.03 bits per heavy atom. The number of aromatic nitrogens is 2. The summed E-state index contributed by atoms with van der Waals surface area (Å²) < 4.78 is 78.6. The van der Waals surface area contributed by atoms with Crippen LogP contribution in [0.15, 0.2) is 57.9 Å². The molecule has 1 unspecified atom stereocenters. The number of alkyl halides is 3. The molecule has 0 aliphatic carbocycles. The predicted molar refractivity (Wildman–Crippen MR) is 130 cm³/mol. The maximum Gasteiger partial charge on any atom is 0.573 e. The highest BCUT2D eigenvalue weighted by molar-refractivity contribution is 7.89. The van der Waals surface area contributed by atoms with Crippen LogP contribution < -0.4 is 9.64 Å². The molecule has 11 nitrogen and oxygen atoms in total. The lowest BCUT2D eigenvalue weighted by molar-refractivity contribution is -0.274. The molecule has 0 spiro atoms. The number of benzene rings is 2. The quantitative estimate of drug-likeness (QED) is 0.424. The number of carbonyl (C=O) groups is 1. The first-order valence-corrected chi connectivity index (χ1v) is 13.4. The molecule has 1 aromatic heterocycles. The molecular weight excluding hydrogens is 543 g/mol. The third kappa shape index (κ3) is 6.15. The van der Waals surface area contributed by atoms with Crippen molar-refractivity contribution in [2.24, 2.45) is 0 Å². The number of aryl methyl sites for hydroxylation is 1. The minimum Gasteiger partial charge on any atom is -0.443 e. The fourth-order valence-corrected chi connectivity index (χ4v) is 5.86. The van der Waals surface area contributed by atoms with Gasteiger partial charge in [-0.15, -0.1) is 13.2 Å². The number of piperazine rings is 1. The lowest BCUT2D eigenvalue weighted by Crippen LogP contribution is -2.50. The molecule has 0 bridgehead atoms. The average molecular weight is 568 g/mol. The number of hydrogen-bond acceptors (Lipinski definition) is 9. The minimum atomic E-state index is -4.86. The number of ether oxygens (including phenoxy) is 2. The molecule has 3 heterocycles. The topological polar surface area (TPSA) is 118 Å². The third-order valence-electron chi connectivity index (χ3n) is 6.33. The summed E-state index contributed by atoms with van der Waals surface area (Å²) in [6.45, 7) is 3.64. The van der Waals surface area contributed by atoms with E-state index in [1.165, 1.54) is 9.21 Å². The third-order valence-corrected chi connectivity index (χ3v) is 8.24. The van der Waals surface area contributed by atoms with Gasteiger partial charge in [-0.1, -0.05) is 5.16 Å². The molecule has 2 aromatic carbocycles. The lowest BCUT2D eigenvalue weighted by Gasteiger charge is -2.34. The summed E-state index contributed by atoms with van der Waals surface area (Å²) in [5.41, 5.74) is 1.41. The average Bonchev–Trinajstić information content (AvgIpc) is 3.49. The minimum absolute atomic E-state index is 0.119. The maximum absolute atomic E-state index is 12.9. The number of sulfonamides is 1. The van der Waals surface area contributed by atoms with Crippen molar-refractivity contribution in [3.8, 4) is 17.1 Å². The predicted octanol–water partition coefficient (Wildman–Crippen LogP) is 3.28. The Kier molecular flexibility index (Phi) is 7.22. The molecule has 1 atom stereocenters. The molecule has 39 heavy (non-hydrogen) atoms. The Hall–Kier alpha value is -3.69. The zero-order valence-electron chi connectivity index (χ0n) is 20.7. The highest BCUT2D eigenvalue weighted by atomic mass is 32.2. The van der Waals surface area contributed by atoms with Crippen molar-refractivity contribution in [2.45, 2.75) is 24.3 Å². The van der Waals surface area contributed by atoms with Gasteiger partial charge < -0.3 is 14.0 Å². The van der Waals surface area contributed by atoms with E-state index in [1.807, 2.05) is 4.90 Å². The van der Waals surface area contributed by atoms with Crippen molar-refractivity contribution in [1.82, 2.24) is 19.3 Å². The van der Waals surface area contributed by atoms with E-state index in [-0.39, 0.29) is 18.0 Å². The van der Waals surface area contributed by atoms with Crippen LogP contribution in [0.4, 0.5) is 23.7 Å². The number of cyclic esters (lactones) is 1. The molecule has 5 rings (SSSR count). The van der Waals surface area contributed by atoms with Crippen LogP contribution in [0.2, 0.25) is 0 Å². The van der Waals surface area contributed by atoms with E-state index >= 15 is 0 Å². The zero-order valence-corrected chi connectivity index (χ0v) is 21.5. The fourth-order valence-electron chi connectivity index (χ4n) is 4.44. The Morgan fingerprint density at radius 2 is 1.69 bits per heavy atom. The number of amides is 1. The number of nitrogens with zero attached hydrogens (tertiary/aromatic N) is 5. The van der Waals surface area contributed by atoms with Crippen molar-refractivity contribution in [2.75, 3.05) is 44.2 Å². The smallest absolute Gasteiger partial charge is 0.443 e. The summed E-state index contributed by atoms with van der Waals surface area (Å²) in [6, 6.07) is 11.2. The van der Waals surface area contributed by atoms with Gasteiger partial charge in [0.15, 0.2) is 0 Å². The molecule has 1 amide bonds. The van der Waals surface area contributed by atoms with Gasteiger partial charge in [0.1, 0.15) is 11.9 Å². The monoisotopic (exact) mass is 567 g/mol. The zero-order chi connectivity index (χ0) is 27.8. The van der Waals surface area contributed by atoms with Crippen molar-refractivity contribution in [3.63, 3.8) is 0 Å². The standard InChI is InChI=1S/C24H24F3N5O6S/c1-16-28-22(29-38-16)17-2-4-18(5-3-17)32-15-20(36-23(32)33)14-30-10-12-31(13-11-30)39(34,35)21-8-6-19(7-9-21)37-24(25,26)27/h2-9,20H,10-15H2,1H3. The number of hydrogen-bond donors (Lipinski definition) is 0. The molecule has 15 heteroatoms. The first-order valence-electron chi connectivity index (χ1n) is 12.0. The molecule has 2 saturated heterocycles. The number of halogens is 3. The van der Waals surface area contributed by atoms with E-state index in [4.69, 9.17) is 9.26 Å². The van der Waals surface area contributed by atoms with Gasteiger partial charge in [-0.25, -0.2) is 13.2 Å². The second-order valence-corrected chi connectivity index (χ2v) is 11.0. The van der Waals surface area contributed by atoms with Crippen LogP contribution in [0.5, 0.6) is 5.75 Å². The summed E-state index contributed by atoms with van der Waals surface area (Å²) in [5.74, 6) is 0.408. The molecule has 0 saturated carbocycles. The molecule has 2 aliphatic rings. The first kappa shape index (κ1) is 26.9.